The van der Waals surface area contributed by atoms with Gasteiger partial charge in [0.2, 0.25) is 0 Å². The molecule has 0 atom stereocenters. The molecule has 296 valence electrons. The Morgan fingerprint density at radius 3 is 1.17 bits per heavy atom. The lowest BCUT2D eigenvalue weighted by Crippen LogP contribution is -2.09. The van der Waals surface area contributed by atoms with E-state index in [9.17, 15) is 0 Å². The maximum Gasteiger partial charge on any atom is 0.0541 e. The Balaban J connectivity index is 0.976. The molecule has 3 nitrogen and oxygen atoms in total. The van der Waals surface area contributed by atoms with Gasteiger partial charge in [-0.1, -0.05) is 146 Å². The second kappa shape index (κ2) is 15.3. The predicted octanol–water partition coefficient (Wildman–Crippen LogP) is 16.4. The van der Waals surface area contributed by atoms with E-state index in [1.807, 2.05) is 0 Å². The quantitative estimate of drug-likeness (QED) is 0.149. The molecule has 63 heavy (non-hydrogen) atoms. The van der Waals surface area contributed by atoms with E-state index in [2.05, 4.69) is 263 Å². The minimum absolute atomic E-state index is 1.11. The van der Waals surface area contributed by atoms with E-state index in [0.29, 0.717) is 0 Å². The highest BCUT2D eigenvalue weighted by molar-refractivity contribution is 6.13. The lowest BCUT2D eigenvalue weighted by molar-refractivity contribution is 1.18. The van der Waals surface area contributed by atoms with E-state index in [0.717, 1.165) is 28.4 Å². The van der Waals surface area contributed by atoms with Crippen LogP contribution in [0.1, 0.15) is 0 Å². The molecule has 0 saturated carbocycles. The summed E-state index contributed by atoms with van der Waals surface area (Å²) in [5, 5.41) is 4.93. The van der Waals surface area contributed by atoms with Crippen molar-refractivity contribution in [2.45, 2.75) is 0 Å². The summed E-state index contributed by atoms with van der Waals surface area (Å²) in [5.41, 5.74) is 17.6. The number of para-hydroxylation sites is 4. The SMILES string of the molecule is c1ccc(-c2cccc(-n3c4ccccc4c4cc(-c5ccc6c(c5)c5cc(-c7ccc(N(c8ccccc8)c8ccccc8)cc7)ccc5n6-c5ccccc5)ccc43)c2)cc1. The molecule has 2 heterocycles. The van der Waals surface area contributed by atoms with Crippen molar-refractivity contribution < 1.29 is 0 Å². The highest BCUT2D eigenvalue weighted by Crippen LogP contribution is 2.41. The lowest BCUT2D eigenvalue weighted by atomic mass is 9.99. The molecule has 3 heteroatoms. The molecular weight excluding hydrogens is 763 g/mol. The minimum Gasteiger partial charge on any atom is -0.311 e. The lowest BCUT2D eigenvalue weighted by Gasteiger charge is -2.25. The van der Waals surface area contributed by atoms with Gasteiger partial charge in [0.15, 0.2) is 0 Å². The van der Waals surface area contributed by atoms with Gasteiger partial charge in [0, 0.05) is 50.0 Å². The summed E-state index contributed by atoms with van der Waals surface area (Å²) in [5.74, 6) is 0. The summed E-state index contributed by atoms with van der Waals surface area (Å²) in [4.78, 5) is 2.31. The van der Waals surface area contributed by atoms with Crippen LogP contribution < -0.4 is 4.90 Å². The molecule has 0 amide bonds. The van der Waals surface area contributed by atoms with Crippen LogP contribution in [-0.4, -0.2) is 9.13 Å². The Hall–Kier alpha value is -8.40. The minimum atomic E-state index is 1.11. The highest BCUT2D eigenvalue weighted by atomic mass is 15.1. The van der Waals surface area contributed by atoms with E-state index in [-0.39, 0.29) is 0 Å². The van der Waals surface area contributed by atoms with Crippen LogP contribution in [0.15, 0.2) is 249 Å². The summed E-state index contributed by atoms with van der Waals surface area (Å²) in [6.07, 6.45) is 0. The van der Waals surface area contributed by atoms with Gasteiger partial charge < -0.3 is 14.0 Å². The summed E-state index contributed by atoms with van der Waals surface area (Å²) >= 11 is 0. The molecule has 0 unspecified atom stereocenters. The molecule has 2 aromatic heterocycles. The third-order valence-electron chi connectivity index (χ3n) is 12.5. The Kier molecular flexibility index (Phi) is 8.83. The molecule has 12 rings (SSSR count). The first-order valence-corrected chi connectivity index (χ1v) is 21.6. The number of benzene rings is 10. The molecule has 12 aromatic rings. The number of hydrogen-bond donors (Lipinski definition) is 0. The zero-order valence-corrected chi connectivity index (χ0v) is 34.5. The molecule has 0 N–H and O–H groups in total. The zero-order valence-electron chi connectivity index (χ0n) is 34.5. The monoisotopic (exact) mass is 803 g/mol. The van der Waals surface area contributed by atoms with Gasteiger partial charge in [-0.25, -0.2) is 0 Å². The zero-order chi connectivity index (χ0) is 41.7. The standard InChI is InChI=1S/C60H41N3/c1-5-16-42(17-6-1)44-18-15-25-52(38-44)63-57-27-14-13-26-53(57)54-40-46(31-36-58(54)63)47-32-37-60-56(41-47)55-39-45(30-35-59(55)62(60)50-23-11-4-12-24-50)43-28-33-51(34-29-43)61(48-19-7-2-8-20-48)49-21-9-3-10-22-49/h1-41H. The fourth-order valence-electron chi connectivity index (χ4n) is 9.53. The highest BCUT2D eigenvalue weighted by Gasteiger charge is 2.18. The number of fused-ring (bicyclic) bond motifs is 6. The van der Waals surface area contributed by atoms with Crippen LogP contribution in [0.25, 0.3) is 88.4 Å². The second-order valence-electron chi connectivity index (χ2n) is 16.2. The maximum atomic E-state index is 2.41. The predicted molar refractivity (Wildman–Crippen MR) is 266 cm³/mol. The Morgan fingerprint density at radius 1 is 0.222 bits per heavy atom. The molecule has 0 aliphatic heterocycles. The van der Waals surface area contributed by atoms with Crippen molar-refractivity contribution in [3.05, 3.63) is 249 Å². The van der Waals surface area contributed by atoms with E-state index in [1.54, 1.807) is 0 Å². The summed E-state index contributed by atoms with van der Waals surface area (Å²) in [7, 11) is 0. The van der Waals surface area contributed by atoms with Crippen molar-refractivity contribution in [3.8, 4) is 44.8 Å². The van der Waals surface area contributed by atoms with E-state index in [4.69, 9.17) is 0 Å². The molecule has 10 aromatic carbocycles. The van der Waals surface area contributed by atoms with Gasteiger partial charge in [-0.3, -0.25) is 0 Å². The first-order valence-electron chi connectivity index (χ1n) is 21.6. The first kappa shape index (κ1) is 36.5. The van der Waals surface area contributed by atoms with Gasteiger partial charge in [0.1, 0.15) is 0 Å². The number of hydrogen-bond acceptors (Lipinski definition) is 1. The van der Waals surface area contributed by atoms with Crippen molar-refractivity contribution in [1.29, 1.82) is 0 Å². The van der Waals surface area contributed by atoms with Crippen molar-refractivity contribution >= 4 is 60.7 Å². The molecule has 0 radical (unpaired) electrons. The molecule has 0 spiro atoms. The van der Waals surface area contributed by atoms with E-state index >= 15 is 0 Å². The fourth-order valence-corrected chi connectivity index (χ4v) is 9.53. The largest absolute Gasteiger partial charge is 0.311 e. The Morgan fingerprint density at radius 2 is 0.587 bits per heavy atom. The summed E-state index contributed by atoms with van der Waals surface area (Å²) < 4.78 is 4.81. The second-order valence-corrected chi connectivity index (χ2v) is 16.2. The third kappa shape index (κ3) is 6.38. The Labute approximate surface area is 366 Å². The number of nitrogens with zero attached hydrogens (tertiary/aromatic N) is 3. The van der Waals surface area contributed by atoms with Crippen LogP contribution in [0, 0.1) is 0 Å². The van der Waals surface area contributed by atoms with Crippen molar-refractivity contribution in [3.63, 3.8) is 0 Å². The number of rotatable bonds is 8. The van der Waals surface area contributed by atoms with Gasteiger partial charge >= 0.3 is 0 Å². The molecule has 0 bridgehead atoms. The van der Waals surface area contributed by atoms with Crippen molar-refractivity contribution in [2.75, 3.05) is 4.90 Å². The van der Waals surface area contributed by atoms with Crippen LogP contribution >= 0.6 is 0 Å². The normalized spacial score (nSPS) is 11.5. The third-order valence-corrected chi connectivity index (χ3v) is 12.5. The van der Waals surface area contributed by atoms with Gasteiger partial charge in [-0.15, -0.1) is 0 Å². The van der Waals surface area contributed by atoms with Gasteiger partial charge in [-0.2, -0.15) is 0 Å². The topological polar surface area (TPSA) is 13.1 Å². The number of anilines is 3. The van der Waals surface area contributed by atoms with E-state index in [1.165, 1.54) is 77.0 Å². The molecule has 0 saturated heterocycles. The number of aromatic nitrogens is 2. The first-order chi connectivity index (χ1) is 31.2. The smallest absolute Gasteiger partial charge is 0.0541 e. The van der Waals surface area contributed by atoms with Crippen molar-refractivity contribution in [2.24, 2.45) is 0 Å². The molecule has 0 aliphatic rings. The van der Waals surface area contributed by atoms with Gasteiger partial charge in [0.05, 0.1) is 22.1 Å². The average Bonchev–Trinajstić information content (AvgIpc) is 3.87. The van der Waals surface area contributed by atoms with Gasteiger partial charge in [0.25, 0.3) is 0 Å². The van der Waals surface area contributed by atoms with E-state index < -0.39 is 0 Å². The van der Waals surface area contributed by atoms with Crippen LogP contribution in [-0.2, 0) is 0 Å². The molecule has 0 aliphatic carbocycles. The van der Waals surface area contributed by atoms with Crippen LogP contribution in [0.4, 0.5) is 17.1 Å². The maximum absolute atomic E-state index is 2.41. The van der Waals surface area contributed by atoms with Crippen molar-refractivity contribution in [1.82, 2.24) is 9.13 Å². The van der Waals surface area contributed by atoms with Crippen LogP contribution in [0.5, 0.6) is 0 Å². The molecule has 0 fully saturated rings. The molecular formula is C60H41N3. The Bertz CT molecular complexity index is 3550. The fraction of sp³-hybridized carbons (Fsp3) is 0. The summed E-state index contributed by atoms with van der Waals surface area (Å²) in [6, 6.07) is 90.0. The summed E-state index contributed by atoms with van der Waals surface area (Å²) in [6.45, 7) is 0. The van der Waals surface area contributed by atoms with Gasteiger partial charge in [-0.05, 0) is 137 Å². The average molecular weight is 804 g/mol. The van der Waals surface area contributed by atoms with Crippen LogP contribution in [0.2, 0.25) is 0 Å². The van der Waals surface area contributed by atoms with Crippen LogP contribution in [0.3, 0.4) is 0 Å².